The van der Waals surface area contributed by atoms with Crippen molar-refractivity contribution in [1.82, 2.24) is 4.98 Å². The molecule has 2 rings (SSSR count). The minimum absolute atomic E-state index is 0.0320. The first-order valence-electron chi connectivity index (χ1n) is 5.91. The second-order valence-corrected chi connectivity index (χ2v) is 5.08. The predicted molar refractivity (Wildman–Crippen MR) is 72.2 cm³/mol. The molecule has 8 heteroatoms. The summed E-state index contributed by atoms with van der Waals surface area (Å²) in [4.78, 5) is 14.5. The van der Waals surface area contributed by atoms with Gasteiger partial charge in [0.15, 0.2) is 5.13 Å². The quantitative estimate of drug-likeness (QED) is 0.887. The van der Waals surface area contributed by atoms with Crippen molar-refractivity contribution in [2.24, 2.45) is 0 Å². The lowest BCUT2D eigenvalue weighted by atomic mass is 10.1. The van der Waals surface area contributed by atoms with E-state index in [2.05, 4.69) is 10.3 Å². The van der Waals surface area contributed by atoms with E-state index in [1.807, 2.05) is 0 Å². The summed E-state index contributed by atoms with van der Waals surface area (Å²) in [6, 6.07) is 5.28. The Morgan fingerprint density at radius 3 is 2.71 bits per heavy atom. The fourth-order valence-corrected chi connectivity index (χ4v) is 2.46. The van der Waals surface area contributed by atoms with Gasteiger partial charge in [0.2, 0.25) is 0 Å². The Labute approximate surface area is 122 Å². The van der Waals surface area contributed by atoms with Crippen molar-refractivity contribution >= 4 is 22.4 Å². The zero-order valence-electron chi connectivity index (χ0n) is 10.6. The Hall–Kier alpha value is -2.09. The third kappa shape index (κ3) is 4.19. The van der Waals surface area contributed by atoms with Crippen LogP contribution in [0.2, 0.25) is 0 Å². The van der Waals surface area contributed by atoms with Gasteiger partial charge in [0.1, 0.15) is 0 Å². The maximum absolute atomic E-state index is 12.8. The number of benzene rings is 1. The zero-order chi connectivity index (χ0) is 15.5. The van der Waals surface area contributed by atoms with Crippen LogP contribution in [0.3, 0.4) is 0 Å². The van der Waals surface area contributed by atoms with E-state index >= 15 is 0 Å². The molecule has 1 aromatic carbocycles. The highest BCUT2D eigenvalue weighted by molar-refractivity contribution is 7.13. The van der Waals surface area contributed by atoms with Crippen LogP contribution in [0.25, 0.3) is 0 Å². The highest BCUT2D eigenvalue weighted by Gasteiger charge is 2.32. The van der Waals surface area contributed by atoms with Gasteiger partial charge >= 0.3 is 12.1 Å². The number of nitrogens with zero attached hydrogens (tertiary/aromatic N) is 1. The van der Waals surface area contributed by atoms with Crippen molar-refractivity contribution < 1.29 is 23.1 Å². The zero-order valence-corrected chi connectivity index (χ0v) is 11.5. The molecule has 0 aliphatic carbocycles. The van der Waals surface area contributed by atoms with Crippen LogP contribution in [-0.4, -0.2) is 16.1 Å². The molecule has 0 aliphatic rings. The van der Waals surface area contributed by atoms with Crippen LogP contribution >= 0.6 is 11.3 Å². The second kappa shape index (κ2) is 6.13. The maximum Gasteiger partial charge on any atom is 0.416 e. The van der Waals surface area contributed by atoms with Gasteiger partial charge in [-0.2, -0.15) is 13.2 Å². The monoisotopic (exact) mass is 316 g/mol. The lowest BCUT2D eigenvalue weighted by Gasteiger charge is -2.12. The topological polar surface area (TPSA) is 62.2 Å². The Bertz CT molecular complexity index is 640. The van der Waals surface area contributed by atoms with Gasteiger partial charge in [-0.25, -0.2) is 4.98 Å². The van der Waals surface area contributed by atoms with Gasteiger partial charge in [0.05, 0.1) is 17.7 Å². The summed E-state index contributed by atoms with van der Waals surface area (Å²) in [5.41, 5.74) is -0.209. The van der Waals surface area contributed by atoms with E-state index in [0.717, 1.165) is 17.4 Å². The first kappa shape index (κ1) is 15.3. The van der Waals surface area contributed by atoms with Crippen molar-refractivity contribution in [2.45, 2.75) is 19.1 Å². The van der Waals surface area contributed by atoms with E-state index in [4.69, 9.17) is 5.11 Å². The van der Waals surface area contributed by atoms with E-state index in [0.29, 0.717) is 10.8 Å². The molecule has 0 atom stereocenters. The Kier molecular flexibility index (Phi) is 4.46. The van der Waals surface area contributed by atoms with E-state index < -0.39 is 17.7 Å². The molecule has 4 nitrogen and oxygen atoms in total. The van der Waals surface area contributed by atoms with E-state index in [9.17, 15) is 18.0 Å². The summed E-state index contributed by atoms with van der Waals surface area (Å²) < 4.78 is 38.4. The van der Waals surface area contributed by atoms with Gasteiger partial charge in [-0.05, 0) is 11.6 Å². The third-order valence-electron chi connectivity index (χ3n) is 2.64. The number of alkyl halides is 3. The molecular formula is C13H11F3N2O2S. The lowest BCUT2D eigenvalue weighted by Crippen LogP contribution is -2.11. The number of aromatic nitrogens is 1. The first-order valence-corrected chi connectivity index (χ1v) is 6.79. The normalized spacial score (nSPS) is 11.4. The Balaban J connectivity index is 2.07. The molecule has 0 bridgehead atoms. The number of halogens is 3. The van der Waals surface area contributed by atoms with Crippen molar-refractivity contribution in [1.29, 1.82) is 0 Å². The molecule has 2 N–H and O–H groups in total. The minimum Gasteiger partial charge on any atom is -0.481 e. The SMILES string of the molecule is O=C(O)Cc1csc(NCc2ccccc2C(F)(F)F)n1. The van der Waals surface area contributed by atoms with Crippen molar-refractivity contribution in [2.75, 3.05) is 5.32 Å². The van der Waals surface area contributed by atoms with Crippen LogP contribution in [0.15, 0.2) is 29.6 Å². The number of carbonyl (C=O) groups is 1. The molecule has 1 aromatic heterocycles. The third-order valence-corrected chi connectivity index (χ3v) is 3.49. The van der Waals surface area contributed by atoms with Gasteiger partial charge in [0, 0.05) is 11.9 Å². The summed E-state index contributed by atoms with van der Waals surface area (Å²) in [6.07, 6.45) is -4.62. The predicted octanol–water partition coefficient (Wildman–Crippen LogP) is 3.40. The number of carboxylic acid groups (broad SMARTS) is 1. The van der Waals surface area contributed by atoms with Gasteiger partial charge in [-0.15, -0.1) is 11.3 Å². The number of thiazole rings is 1. The average molecular weight is 316 g/mol. The number of hydrogen-bond acceptors (Lipinski definition) is 4. The molecule has 0 unspecified atom stereocenters. The molecule has 2 aromatic rings. The molecule has 112 valence electrons. The fraction of sp³-hybridized carbons (Fsp3) is 0.231. The van der Waals surface area contributed by atoms with Crippen molar-refractivity contribution in [3.63, 3.8) is 0 Å². The molecule has 0 aliphatic heterocycles. The lowest BCUT2D eigenvalue weighted by molar-refractivity contribution is -0.138. The molecule has 0 saturated carbocycles. The number of rotatable bonds is 5. The molecule has 0 fully saturated rings. The Morgan fingerprint density at radius 1 is 1.33 bits per heavy atom. The smallest absolute Gasteiger partial charge is 0.416 e. The van der Waals surface area contributed by atoms with Crippen LogP contribution in [0.4, 0.5) is 18.3 Å². The van der Waals surface area contributed by atoms with E-state index in [1.54, 1.807) is 5.38 Å². The maximum atomic E-state index is 12.8. The number of hydrogen-bond donors (Lipinski definition) is 2. The van der Waals surface area contributed by atoms with Gasteiger partial charge in [0.25, 0.3) is 0 Å². The van der Waals surface area contributed by atoms with Gasteiger partial charge < -0.3 is 10.4 Å². The van der Waals surface area contributed by atoms with Gasteiger partial charge in [-0.1, -0.05) is 18.2 Å². The van der Waals surface area contributed by atoms with Crippen LogP contribution in [0, 0.1) is 0 Å². The average Bonchev–Trinajstić information content (AvgIpc) is 2.82. The van der Waals surface area contributed by atoms with Crippen molar-refractivity contribution in [3.05, 3.63) is 46.5 Å². The van der Waals surface area contributed by atoms with Crippen LogP contribution < -0.4 is 5.32 Å². The molecule has 0 saturated heterocycles. The largest absolute Gasteiger partial charge is 0.481 e. The highest BCUT2D eigenvalue weighted by atomic mass is 32.1. The van der Waals surface area contributed by atoms with Crippen LogP contribution in [0.5, 0.6) is 0 Å². The van der Waals surface area contributed by atoms with Crippen LogP contribution in [-0.2, 0) is 23.9 Å². The first-order chi connectivity index (χ1) is 9.86. The van der Waals surface area contributed by atoms with Gasteiger partial charge in [-0.3, -0.25) is 4.79 Å². The number of carboxylic acids is 1. The molecule has 21 heavy (non-hydrogen) atoms. The molecular weight excluding hydrogens is 305 g/mol. The Morgan fingerprint density at radius 2 is 2.05 bits per heavy atom. The van der Waals surface area contributed by atoms with Crippen LogP contribution in [0.1, 0.15) is 16.8 Å². The number of nitrogens with one attached hydrogen (secondary N) is 1. The fourth-order valence-electron chi connectivity index (χ4n) is 1.75. The number of aliphatic carboxylic acids is 1. The summed E-state index contributed by atoms with van der Waals surface area (Å²) in [5, 5.41) is 13.4. The highest BCUT2D eigenvalue weighted by Crippen LogP contribution is 2.32. The summed E-state index contributed by atoms with van der Waals surface area (Å²) in [5.74, 6) is -1.01. The minimum atomic E-state index is -4.41. The number of anilines is 1. The molecule has 0 radical (unpaired) electrons. The standard InChI is InChI=1S/C13H11F3N2O2S/c14-13(15,16)10-4-2-1-3-8(10)6-17-12-18-9(7-21-12)5-11(19)20/h1-4,7H,5-6H2,(H,17,18)(H,19,20). The molecule has 0 spiro atoms. The van der Waals surface area contributed by atoms with E-state index in [-0.39, 0.29) is 18.5 Å². The van der Waals surface area contributed by atoms with E-state index in [1.165, 1.54) is 18.2 Å². The summed E-state index contributed by atoms with van der Waals surface area (Å²) >= 11 is 1.16. The summed E-state index contributed by atoms with van der Waals surface area (Å²) in [6.45, 7) is -0.0320. The molecule has 1 heterocycles. The second-order valence-electron chi connectivity index (χ2n) is 4.22. The van der Waals surface area contributed by atoms with Crippen molar-refractivity contribution in [3.8, 4) is 0 Å². The summed E-state index contributed by atoms with van der Waals surface area (Å²) in [7, 11) is 0. The molecule has 0 amide bonds.